The summed E-state index contributed by atoms with van der Waals surface area (Å²) in [5, 5.41) is 8.37. The molecule has 0 aliphatic carbocycles. The van der Waals surface area contributed by atoms with Crippen LogP contribution in [-0.2, 0) is 23.1 Å². The van der Waals surface area contributed by atoms with Crippen LogP contribution in [0.25, 0.3) is 11.0 Å². The van der Waals surface area contributed by atoms with Gasteiger partial charge in [0.2, 0.25) is 0 Å². The Labute approximate surface area is 118 Å². The highest BCUT2D eigenvalue weighted by Gasteiger charge is 2.10. The quantitative estimate of drug-likeness (QED) is 0.735. The first-order valence-corrected chi connectivity index (χ1v) is 6.84. The van der Waals surface area contributed by atoms with E-state index in [1.807, 2.05) is 20.9 Å². The Morgan fingerprint density at radius 1 is 1.20 bits per heavy atom. The number of nitrogens with one attached hydrogen (secondary N) is 1. The number of fused-ring (bicyclic) bond motifs is 1. The fraction of sp³-hybridized carbons (Fsp3) is 0.615. The van der Waals surface area contributed by atoms with Crippen molar-refractivity contribution in [2.45, 2.75) is 20.5 Å². The van der Waals surface area contributed by atoms with Gasteiger partial charge in [-0.25, -0.2) is 9.97 Å². The van der Waals surface area contributed by atoms with Crippen molar-refractivity contribution in [2.24, 2.45) is 7.05 Å². The van der Waals surface area contributed by atoms with E-state index in [9.17, 15) is 0 Å². The van der Waals surface area contributed by atoms with Gasteiger partial charge in [0.15, 0.2) is 11.5 Å². The summed E-state index contributed by atoms with van der Waals surface area (Å²) in [6.07, 6.45) is 1.77. The van der Waals surface area contributed by atoms with Gasteiger partial charge in [-0.3, -0.25) is 4.68 Å². The third-order valence-corrected chi connectivity index (χ3v) is 2.79. The molecule has 0 bridgehead atoms. The molecule has 7 nitrogen and oxygen atoms in total. The first kappa shape index (κ1) is 14.7. The molecular weight excluding hydrogens is 258 g/mol. The van der Waals surface area contributed by atoms with Gasteiger partial charge in [0.1, 0.15) is 12.4 Å². The zero-order valence-electron chi connectivity index (χ0n) is 12.2. The zero-order chi connectivity index (χ0) is 14.4. The molecule has 2 aromatic rings. The number of aromatic nitrogens is 4. The van der Waals surface area contributed by atoms with E-state index in [4.69, 9.17) is 9.47 Å². The van der Waals surface area contributed by atoms with Gasteiger partial charge in [-0.15, -0.1) is 0 Å². The Morgan fingerprint density at radius 2 is 2.00 bits per heavy atom. The van der Waals surface area contributed by atoms with Crippen molar-refractivity contribution in [3.8, 4) is 0 Å². The monoisotopic (exact) mass is 279 g/mol. The maximum absolute atomic E-state index is 5.51. The minimum atomic E-state index is 0.368. The lowest BCUT2D eigenvalue weighted by Crippen LogP contribution is -2.09. The van der Waals surface area contributed by atoms with E-state index in [0.29, 0.717) is 32.3 Å². The van der Waals surface area contributed by atoms with Gasteiger partial charge in [-0.05, 0) is 13.8 Å². The number of anilines is 1. The van der Waals surface area contributed by atoms with Crippen molar-refractivity contribution in [3.63, 3.8) is 0 Å². The molecule has 2 rings (SSSR count). The molecule has 2 aromatic heterocycles. The summed E-state index contributed by atoms with van der Waals surface area (Å²) in [6.45, 7) is 6.98. The molecule has 0 aromatic carbocycles. The lowest BCUT2D eigenvalue weighted by Gasteiger charge is -2.08. The molecule has 0 atom stereocenters. The van der Waals surface area contributed by atoms with Crippen LogP contribution in [-0.4, -0.2) is 46.1 Å². The van der Waals surface area contributed by atoms with Crippen LogP contribution < -0.4 is 5.32 Å². The molecule has 0 aliphatic heterocycles. The maximum Gasteiger partial charge on any atom is 0.163 e. The van der Waals surface area contributed by atoms with E-state index in [2.05, 4.69) is 20.4 Å². The van der Waals surface area contributed by atoms with Gasteiger partial charge in [0.05, 0.1) is 24.8 Å². The summed E-state index contributed by atoms with van der Waals surface area (Å²) >= 11 is 0. The standard InChI is InChI=1S/C13H21N5O2/c1-4-14-12-10-8-15-18(3)13(10)17-11(16-12)9-20-7-6-19-5-2/h8H,4-7,9H2,1-3H3,(H,14,16,17). The van der Waals surface area contributed by atoms with Crippen LogP contribution >= 0.6 is 0 Å². The second-order valence-electron chi connectivity index (χ2n) is 4.27. The lowest BCUT2D eigenvalue weighted by molar-refractivity contribution is 0.0429. The molecule has 20 heavy (non-hydrogen) atoms. The van der Waals surface area contributed by atoms with Crippen molar-refractivity contribution in [2.75, 3.05) is 31.7 Å². The minimum absolute atomic E-state index is 0.368. The number of hydrogen-bond acceptors (Lipinski definition) is 6. The van der Waals surface area contributed by atoms with E-state index in [-0.39, 0.29) is 0 Å². The molecule has 0 saturated carbocycles. The molecule has 7 heteroatoms. The van der Waals surface area contributed by atoms with Crippen LogP contribution in [0.15, 0.2) is 6.20 Å². The topological polar surface area (TPSA) is 74.1 Å². The number of nitrogens with zero attached hydrogens (tertiary/aromatic N) is 4. The largest absolute Gasteiger partial charge is 0.379 e. The Kier molecular flexibility index (Phi) is 5.25. The Morgan fingerprint density at radius 3 is 2.75 bits per heavy atom. The van der Waals surface area contributed by atoms with E-state index in [1.165, 1.54) is 0 Å². The predicted molar refractivity (Wildman–Crippen MR) is 76.6 cm³/mol. The highest BCUT2D eigenvalue weighted by Crippen LogP contribution is 2.19. The van der Waals surface area contributed by atoms with E-state index in [0.717, 1.165) is 23.4 Å². The van der Waals surface area contributed by atoms with Gasteiger partial charge in [0.25, 0.3) is 0 Å². The third-order valence-electron chi connectivity index (χ3n) is 2.79. The maximum atomic E-state index is 5.51. The molecular formula is C13H21N5O2. The van der Waals surface area contributed by atoms with Crippen LogP contribution in [0.1, 0.15) is 19.7 Å². The first-order valence-electron chi connectivity index (χ1n) is 6.84. The Hall–Kier alpha value is -1.73. The van der Waals surface area contributed by atoms with Gasteiger partial charge >= 0.3 is 0 Å². The van der Waals surface area contributed by atoms with Crippen molar-refractivity contribution in [1.82, 2.24) is 19.7 Å². The smallest absolute Gasteiger partial charge is 0.163 e. The summed E-state index contributed by atoms with van der Waals surface area (Å²) in [6, 6.07) is 0. The van der Waals surface area contributed by atoms with Gasteiger partial charge in [-0.2, -0.15) is 5.10 Å². The Bertz CT molecular complexity index is 555. The molecule has 0 saturated heterocycles. The summed E-state index contributed by atoms with van der Waals surface area (Å²) in [4.78, 5) is 8.96. The second-order valence-corrected chi connectivity index (χ2v) is 4.27. The van der Waals surface area contributed by atoms with Crippen LogP contribution in [0.3, 0.4) is 0 Å². The number of aryl methyl sites for hydroxylation is 1. The fourth-order valence-electron chi connectivity index (χ4n) is 1.86. The van der Waals surface area contributed by atoms with Crippen LogP contribution in [0.2, 0.25) is 0 Å². The van der Waals surface area contributed by atoms with Crippen molar-refractivity contribution < 1.29 is 9.47 Å². The first-order chi connectivity index (χ1) is 9.76. The van der Waals surface area contributed by atoms with Gasteiger partial charge in [0, 0.05) is 20.2 Å². The summed E-state index contributed by atoms with van der Waals surface area (Å²) < 4.78 is 12.5. The zero-order valence-corrected chi connectivity index (χ0v) is 12.2. The molecule has 0 radical (unpaired) electrons. The fourth-order valence-corrected chi connectivity index (χ4v) is 1.86. The molecule has 0 fully saturated rings. The molecule has 1 N–H and O–H groups in total. The summed E-state index contributed by atoms with van der Waals surface area (Å²) in [7, 11) is 1.87. The number of rotatable bonds is 8. The highest BCUT2D eigenvalue weighted by molar-refractivity contribution is 5.86. The van der Waals surface area contributed by atoms with E-state index >= 15 is 0 Å². The van der Waals surface area contributed by atoms with Gasteiger partial charge < -0.3 is 14.8 Å². The normalized spacial score (nSPS) is 11.2. The number of ether oxygens (including phenoxy) is 2. The molecule has 0 spiro atoms. The molecule has 0 amide bonds. The predicted octanol–water partition coefficient (Wildman–Crippen LogP) is 1.35. The van der Waals surface area contributed by atoms with Gasteiger partial charge in [-0.1, -0.05) is 0 Å². The Balaban J connectivity index is 2.10. The van der Waals surface area contributed by atoms with Crippen molar-refractivity contribution in [1.29, 1.82) is 0 Å². The lowest BCUT2D eigenvalue weighted by atomic mass is 10.3. The minimum Gasteiger partial charge on any atom is -0.379 e. The summed E-state index contributed by atoms with van der Waals surface area (Å²) in [5.74, 6) is 1.45. The SMILES string of the molecule is CCNc1nc(COCCOCC)nc2c1cnn2C. The van der Waals surface area contributed by atoms with Crippen molar-refractivity contribution >= 4 is 16.9 Å². The molecule has 0 unspecified atom stereocenters. The second kappa shape index (κ2) is 7.16. The average Bonchev–Trinajstić information content (AvgIpc) is 2.81. The molecule has 2 heterocycles. The average molecular weight is 279 g/mol. The molecule has 0 aliphatic rings. The summed E-state index contributed by atoms with van der Waals surface area (Å²) in [5.41, 5.74) is 0.805. The van der Waals surface area contributed by atoms with Crippen LogP contribution in [0.5, 0.6) is 0 Å². The van der Waals surface area contributed by atoms with E-state index in [1.54, 1.807) is 10.9 Å². The van der Waals surface area contributed by atoms with Crippen LogP contribution in [0.4, 0.5) is 5.82 Å². The van der Waals surface area contributed by atoms with E-state index < -0.39 is 0 Å². The third kappa shape index (κ3) is 3.43. The van der Waals surface area contributed by atoms with Crippen LogP contribution in [0, 0.1) is 0 Å². The highest BCUT2D eigenvalue weighted by atomic mass is 16.5. The van der Waals surface area contributed by atoms with Crippen molar-refractivity contribution in [3.05, 3.63) is 12.0 Å². The molecule has 110 valence electrons. The number of hydrogen-bond donors (Lipinski definition) is 1.